The van der Waals surface area contributed by atoms with Crippen LogP contribution in [0.25, 0.3) is 11.3 Å². The maximum Gasteiger partial charge on any atom is 0.223 e. The molecule has 0 fully saturated rings. The second-order valence-corrected chi connectivity index (χ2v) is 3.85. The fourth-order valence-corrected chi connectivity index (χ4v) is 1.66. The van der Waals surface area contributed by atoms with Crippen LogP contribution in [0, 0.1) is 18.6 Å². The summed E-state index contributed by atoms with van der Waals surface area (Å²) in [7, 11) is 0. The van der Waals surface area contributed by atoms with E-state index in [2.05, 4.69) is 15.3 Å². The number of rotatable bonds is 3. The molecule has 94 valence electrons. The lowest BCUT2D eigenvalue weighted by Crippen LogP contribution is -2.05. The van der Waals surface area contributed by atoms with Gasteiger partial charge in [0, 0.05) is 12.7 Å². The molecule has 2 rings (SSSR count). The van der Waals surface area contributed by atoms with Crippen LogP contribution < -0.4 is 5.32 Å². The molecule has 18 heavy (non-hydrogen) atoms. The van der Waals surface area contributed by atoms with Crippen LogP contribution in [0.3, 0.4) is 0 Å². The van der Waals surface area contributed by atoms with Crippen molar-refractivity contribution in [1.82, 2.24) is 9.97 Å². The number of hydrogen-bond acceptors (Lipinski definition) is 3. The Morgan fingerprint density at radius 3 is 2.50 bits per heavy atom. The zero-order valence-corrected chi connectivity index (χ0v) is 10.2. The Labute approximate surface area is 104 Å². The third kappa shape index (κ3) is 2.30. The van der Waals surface area contributed by atoms with Crippen LogP contribution >= 0.6 is 0 Å². The first-order valence-corrected chi connectivity index (χ1v) is 5.65. The van der Waals surface area contributed by atoms with Crippen molar-refractivity contribution in [3.8, 4) is 11.3 Å². The molecule has 0 aliphatic carbocycles. The van der Waals surface area contributed by atoms with Gasteiger partial charge in [0.05, 0.1) is 11.3 Å². The molecule has 0 aliphatic heterocycles. The highest BCUT2D eigenvalue weighted by Crippen LogP contribution is 2.27. The van der Waals surface area contributed by atoms with Crippen molar-refractivity contribution in [3.05, 3.63) is 41.6 Å². The number of nitrogens with one attached hydrogen (secondary N) is 1. The van der Waals surface area contributed by atoms with Crippen molar-refractivity contribution in [2.45, 2.75) is 13.8 Å². The molecular weight excluding hydrogens is 236 g/mol. The topological polar surface area (TPSA) is 37.8 Å². The molecule has 0 bridgehead atoms. The van der Waals surface area contributed by atoms with Crippen molar-refractivity contribution < 1.29 is 8.78 Å². The normalized spacial score (nSPS) is 10.4. The van der Waals surface area contributed by atoms with Gasteiger partial charge in [0.1, 0.15) is 11.6 Å². The van der Waals surface area contributed by atoms with E-state index in [1.807, 2.05) is 6.92 Å². The Hall–Kier alpha value is -2.04. The lowest BCUT2D eigenvalue weighted by Gasteiger charge is -2.09. The molecule has 0 saturated carbocycles. The quantitative estimate of drug-likeness (QED) is 0.908. The molecular formula is C13H13F2N3. The molecule has 0 spiro atoms. The zero-order valence-electron chi connectivity index (χ0n) is 10.2. The number of benzene rings is 1. The Balaban J connectivity index is 2.59. The van der Waals surface area contributed by atoms with Crippen LogP contribution in [0.5, 0.6) is 0 Å². The van der Waals surface area contributed by atoms with Crippen LogP contribution in [-0.4, -0.2) is 16.5 Å². The Kier molecular flexibility index (Phi) is 3.50. The van der Waals surface area contributed by atoms with Gasteiger partial charge in [-0.1, -0.05) is 6.07 Å². The first-order chi connectivity index (χ1) is 8.63. The van der Waals surface area contributed by atoms with Crippen LogP contribution in [-0.2, 0) is 0 Å². The largest absolute Gasteiger partial charge is 0.354 e. The molecule has 0 unspecified atom stereocenters. The summed E-state index contributed by atoms with van der Waals surface area (Å²) in [5.74, 6) is -0.890. The van der Waals surface area contributed by atoms with Gasteiger partial charge in [0.2, 0.25) is 5.95 Å². The fraction of sp³-hybridized carbons (Fsp3) is 0.231. The summed E-state index contributed by atoms with van der Waals surface area (Å²) in [5.41, 5.74) is 0.786. The highest BCUT2D eigenvalue weighted by Gasteiger charge is 2.15. The Morgan fingerprint density at radius 1 is 1.22 bits per heavy atom. The average Bonchev–Trinajstić information content (AvgIpc) is 2.33. The summed E-state index contributed by atoms with van der Waals surface area (Å²) in [6.45, 7) is 4.26. The van der Waals surface area contributed by atoms with E-state index in [0.29, 0.717) is 18.1 Å². The van der Waals surface area contributed by atoms with Crippen molar-refractivity contribution in [1.29, 1.82) is 0 Å². The summed E-state index contributed by atoms with van der Waals surface area (Å²) in [5, 5.41) is 2.92. The Morgan fingerprint density at radius 2 is 1.89 bits per heavy atom. The van der Waals surface area contributed by atoms with Gasteiger partial charge >= 0.3 is 0 Å². The van der Waals surface area contributed by atoms with Crippen LogP contribution in [0.4, 0.5) is 14.7 Å². The number of aromatic nitrogens is 2. The number of nitrogens with zero attached hydrogens (tertiary/aromatic N) is 2. The van der Waals surface area contributed by atoms with E-state index in [0.717, 1.165) is 0 Å². The molecule has 1 aromatic heterocycles. The van der Waals surface area contributed by atoms with Crippen molar-refractivity contribution >= 4 is 5.95 Å². The van der Waals surface area contributed by atoms with Gasteiger partial charge in [-0.3, -0.25) is 0 Å². The minimum Gasteiger partial charge on any atom is -0.354 e. The number of hydrogen-bond donors (Lipinski definition) is 1. The number of halogens is 2. The number of anilines is 1. The number of aryl methyl sites for hydroxylation is 1. The molecule has 0 amide bonds. The third-order valence-electron chi connectivity index (χ3n) is 2.51. The second kappa shape index (κ2) is 5.08. The molecule has 1 heterocycles. The van der Waals surface area contributed by atoms with Crippen molar-refractivity contribution in [2.75, 3.05) is 11.9 Å². The maximum absolute atomic E-state index is 13.7. The molecule has 0 aliphatic rings. The van der Waals surface area contributed by atoms with Gasteiger partial charge in [0.25, 0.3) is 0 Å². The molecule has 0 atom stereocenters. The van der Waals surface area contributed by atoms with Gasteiger partial charge in [-0.25, -0.2) is 18.7 Å². The Bertz CT molecular complexity index is 550. The predicted octanol–water partition coefficient (Wildman–Crippen LogP) is 3.16. The van der Waals surface area contributed by atoms with E-state index < -0.39 is 11.6 Å². The van der Waals surface area contributed by atoms with E-state index in [9.17, 15) is 8.78 Å². The molecule has 3 nitrogen and oxygen atoms in total. The minimum atomic E-state index is -0.626. The van der Waals surface area contributed by atoms with Crippen LogP contribution in [0.1, 0.15) is 12.5 Å². The average molecular weight is 249 g/mol. The highest BCUT2D eigenvalue weighted by atomic mass is 19.1. The lowest BCUT2D eigenvalue weighted by atomic mass is 10.1. The summed E-state index contributed by atoms with van der Waals surface area (Å²) in [4.78, 5) is 8.20. The van der Waals surface area contributed by atoms with Gasteiger partial charge < -0.3 is 5.32 Å². The minimum absolute atomic E-state index is 0.114. The molecule has 1 aromatic carbocycles. The molecule has 0 radical (unpaired) electrons. The van der Waals surface area contributed by atoms with E-state index in [4.69, 9.17) is 0 Å². The van der Waals surface area contributed by atoms with Gasteiger partial charge in [0.15, 0.2) is 0 Å². The molecule has 5 heteroatoms. The summed E-state index contributed by atoms with van der Waals surface area (Å²) in [6, 6.07) is 3.76. The SMILES string of the molecule is CCNc1ncc(C)c(-c2c(F)cccc2F)n1. The molecule has 1 N–H and O–H groups in total. The highest BCUT2D eigenvalue weighted by molar-refractivity contribution is 5.65. The van der Waals surface area contributed by atoms with Gasteiger partial charge in [-0.15, -0.1) is 0 Å². The van der Waals surface area contributed by atoms with Gasteiger partial charge in [-0.2, -0.15) is 0 Å². The van der Waals surface area contributed by atoms with E-state index in [1.165, 1.54) is 18.2 Å². The smallest absolute Gasteiger partial charge is 0.223 e. The van der Waals surface area contributed by atoms with Gasteiger partial charge in [-0.05, 0) is 31.5 Å². The monoisotopic (exact) mass is 249 g/mol. The molecule has 2 aromatic rings. The first kappa shape index (κ1) is 12.4. The van der Waals surface area contributed by atoms with E-state index in [-0.39, 0.29) is 11.3 Å². The van der Waals surface area contributed by atoms with Crippen LogP contribution in [0.15, 0.2) is 24.4 Å². The summed E-state index contributed by atoms with van der Waals surface area (Å²) in [6.07, 6.45) is 1.55. The third-order valence-corrected chi connectivity index (χ3v) is 2.51. The first-order valence-electron chi connectivity index (χ1n) is 5.65. The maximum atomic E-state index is 13.7. The zero-order chi connectivity index (χ0) is 13.1. The standard InChI is InChI=1S/C13H13F2N3/c1-3-16-13-17-7-8(2)12(18-13)11-9(14)5-4-6-10(11)15/h4-7H,3H2,1-2H3,(H,16,17,18). The van der Waals surface area contributed by atoms with Crippen LogP contribution in [0.2, 0.25) is 0 Å². The molecule has 0 saturated heterocycles. The van der Waals surface area contributed by atoms with E-state index in [1.54, 1.807) is 13.1 Å². The summed E-state index contributed by atoms with van der Waals surface area (Å²) >= 11 is 0. The lowest BCUT2D eigenvalue weighted by molar-refractivity contribution is 0.588. The predicted molar refractivity (Wildman–Crippen MR) is 66.3 cm³/mol. The van der Waals surface area contributed by atoms with Crippen molar-refractivity contribution in [2.24, 2.45) is 0 Å². The summed E-state index contributed by atoms with van der Waals surface area (Å²) < 4.78 is 27.4. The van der Waals surface area contributed by atoms with E-state index >= 15 is 0 Å². The second-order valence-electron chi connectivity index (χ2n) is 3.85. The fourth-order valence-electron chi connectivity index (χ4n) is 1.66. The van der Waals surface area contributed by atoms with Crippen molar-refractivity contribution in [3.63, 3.8) is 0 Å².